The second-order valence-corrected chi connectivity index (χ2v) is 6.60. The molecule has 2 aliphatic heterocycles. The fraction of sp³-hybridized carbons (Fsp3) is 0.588. The van der Waals surface area contributed by atoms with Crippen LogP contribution in [0.2, 0.25) is 0 Å². The van der Waals surface area contributed by atoms with Gasteiger partial charge in [-0.2, -0.15) is 13.2 Å². The number of alkyl halides is 3. The summed E-state index contributed by atoms with van der Waals surface area (Å²) < 4.78 is 38.5. The Balaban J connectivity index is 0.00000225. The molecule has 1 N–H and O–H groups in total. The number of hydrogen-bond acceptors (Lipinski definition) is 3. The van der Waals surface area contributed by atoms with Crippen molar-refractivity contribution in [1.29, 1.82) is 0 Å². The Morgan fingerprint density at radius 1 is 1.16 bits per heavy atom. The standard InChI is InChI=1S/C17H22F3N3O.ClH/c1-12-10-21-11-15(12)16(24)23-7-5-22(6-8-23)14-4-2-3-13(9-14)17(18,19)20;/h2-4,9,12,15,21H,5-8,10-11H2,1H3;1H/t12-,15-;/m1./s1. The third kappa shape index (κ3) is 4.39. The minimum absolute atomic E-state index is 0. The van der Waals surface area contributed by atoms with Crippen LogP contribution < -0.4 is 10.2 Å². The highest BCUT2D eigenvalue weighted by Crippen LogP contribution is 2.32. The summed E-state index contributed by atoms with van der Waals surface area (Å²) in [6.07, 6.45) is -4.33. The highest BCUT2D eigenvalue weighted by molar-refractivity contribution is 5.85. The van der Waals surface area contributed by atoms with Crippen molar-refractivity contribution in [1.82, 2.24) is 10.2 Å². The van der Waals surface area contributed by atoms with Gasteiger partial charge in [-0.05, 0) is 30.7 Å². The number of hydrogen-bond donors (Lipinski definition) is 1. The molecule has 1 aromatic rings. The van der Waals surface area contributed by atoms with Crippen LogP contribution in [-0.2, 0) is 11.0 Å². The number of benzene rings is 1. The minimum Gasteiger partial charge on any atom is -0.368 e. The zero-order valence-corrected chi connectivity index (χ0v) is 14.9. The smallest absolute Gasteiger partial charge is 0.368 e. The van der Waals surface area contributed by atoms with E-state index in [9.17, 15) is 18.0 Å². The summed E-state index contributed by atoms with van der Waals surface area (Å²) in [7, 11) is 0. The van der Waals surface area contributed by atoms with Crippen molar-refractivity contribution in [2.75, 3.05) is 44.2 Å². The maximum Gasteiger partial charge on any atom is 0.416 e. The molecule has 2 fully saturated rings. The van der Waals surface area contributed by atoms with E-state index in [0.29, 0.717) is 44.3 Å². The second-order valence-electron chi connectivity index (χ2n) is 6.60. The van der Waals surface area contributed by atoms with Gasteiger partial charge in [0.05, 0.1) is 11.5 Å². The van der Waals surface area contributed by atoms with Crippen LogP contribution in [0.3, 0.4) is 0 Å². The Bertz CT molecular complexity index is 603. The monoisotopic (exact) mass is 377 g/mol. The summed E-state index contributed by atoms with van der Waals surface area (Å²) in [4.78, 5) is 16.3. The predicted molar refractivity (Wildman–Crippen MR) is 93.0 cm³/mol. The van der Waals surface area contributed by atoms with Crippen molar-refractivity contribution < 1.29 is 18.0 Å². The maximum atomic E-state index is 12.8. The quantitative estimate of drug-likeness (QED) is 0.860. The van der Waals surface area contributed by atoms with E-state index in [4.69, 9.17) is 0 Å². The predicted octanol–water partition coefficient (Wildman–Crippen LogP) is 2.63. The topological polar surface area (TPSA) is 35.6 Å². The summed E-state index contributed by atoms with van der Waals surface area (Å²) >= 11 is 0. The van der Waals surface area contributed by atoms with E-state index in [1.807, 2.05) is 9.80 Å². The second kappa shape index (κ2) is 7.83. The molecule has 0 saturated carbocycles. The van der Waals surface area contributed by atoms with Gasteiger partial charge in [0.15, 0.2) is 0 Å². The van der Waals surface area contributed by atoms with Gasteiger partial charge in [0.25, 0.3) is 0 Å². The Morgan fingerprint density at radius 3 is 2.40 bits per heavy atom. The van der Waals surface area contributed by atoms with Gasteiger partial charge >= 0.3 is 6.18 Å². The average Bonchev–Trinajstić information content (AvgIpc) is 3.00. The van der Waals surface area contributed by atoms with Gasteiger partial charge in [-0.15, -0.1) is 12.4 Å². The van der Waals surface area contributed by atoms with E-state index >= 15 is 0 Å². The lowest BCUT2D eigenvalue weighted by molar-refractivity contribution is -0.137. The van der Waals surface area contributed by atoms with Crippen LogP contribution in [0.25, 0.3) is 0 Å². The van der Waals surface area contributed by atoms with Gasteiger partial charge in [-0.25, -0.2) is 0 Å². The number of halogens is 4. The van der Waals surface area contributed by atoms with Crippen LogP contribution in [-0.4, -0.2) is 50.1 Å². The molecule has 2 atom stereocenters. The molecule has 0 aliphatic carbocycles. The molecule has 0 aromatic heterocycles. The Hall–Kier alpha value is -1.47. The first-order chi connectivity index (χ1) is 11.4. The van der Waals surface area contributed by atoms with E-state index in [1.54, 1.807) is 6.07 Å². The Morgan fingerprint density at radius 2 is 1.84 bits per heavy atom. The third-order valence-electron chi connectivity index (χ3n) is 4.96. The number of nitrogens with zero attached hydrogens (tertiary/aromatic N) is 2. The normalized spacial score (nSPS) is 24.2. The van der Waals surface area contributed by atoms with Gasteiger partial charge < -0.3 is 15.1 Å². The van der Waals surface area contributed by atoms with E-state index in [1.165, 1.54) is 12.1 Å². The lowest BCUT2D eigenvalue weighted by Gasteiger charge is -2.37. The first kappa shape index (κ1) is 19.8. The van der Waals surface area contributed by atoms with Crippen LogP contribution in [0.1, 0.15) is 12.5 Å². The minimum atomic E-state index is -4.33. The van der Waals surface area contributed by atoms with Gasteiger partial charge in [0.1, 0.15) is 0 Å². The lowest BCUT2D eigenvalue weighted by atomic mass is 9.96. The molecular formula is C17H23ClF3N3O. The number of anilines is 1. The van der Waals surface area contributed by atoms with Crippen molar-refractivity contribution in [2.24, 2.45) is 11.8 Å². The SMILES string of the molecule is C[C@@H]1CNC[C@H]1C(=O)N1CCN(c2cccc(C(F)(F)F)c2)CC1.Cl. The van der Waals surface area contributed by atoms with Crippen LogP contribution in [0, 0.1) is 11.8 Å². The molecule has 1 aromatic carbocycles. The van der Waals surface area contributed by atoms with E-state index in [-0.39, 0.29) is 24.2 Å². The molecule has 0 bridgehead atoms. The first-order valence-corrected chi connectivity index (χ1v) is 8.28. The maximum absolute atomic E-state index is 12.8. The molecule has 4 nitrogen and oxygen atoms in total. The summed E-state index contributed by atoms with van der Waals surface area (Å²) in [6, 6.07) is 5.38. The molecule has 0 unspecified atom stereocenters. The van der Waals surface area contributed by atoms with E-state index in [2.05, 4.69) is 12.2 Å². The van der Waals surface area contributed by atoms with Crippen molar-refractivity contribution in [3.8, 4) is 0 Å². The summed E-state index contributed by atoms with van der Waals surface area (Å²) in [6.45, 7) is 5.87. The molecule has 8 heteroatoms. The van der Waals surface area contributed by atoms with Crippen LogP contribution in [0.15, 0.2) is 24.3 Å². The Kier molecular flexibility index (Phi) is 6.21. The van der Waals surface area contributed by atoms with Gasteiger partial charge in [0, 0.05) is 38.4 Å². The van der Waals surface area contributed by atoms with Crippen LogP contribution in [0.4, 0.5) is 18.9 Å². The summed E-state index contributed by atoms with van der Waals surface area (Å²) in [5.74, 6) is 0.514. The molecule has 2 aliphatic rings. The molecule has 140 valence electrons. The fourth-order valence-corrected chi connectivity index (χ4v) is 3.44. The zero-order valence-electron chi connectivity index (χ0n) is 14.1. The lowest BCUT2D eigenvalue weighted by Crippen LogP contribution is -2.51. The average molecular weight is 378 g/mol. The number of carbonyl (C=O) groups is 1. The van der Waals surface area contributed by atoms with Crippen molar-refractivity contribution >= 4 is 24.0 Å². The molecule has 1 amide bonds. The molecule has 2 saturated heterocycles. The van der Waals surface area contributed by atoms with Crippen molar-refractivity contribution in [3.05, 3.63) is 29.8 Å². The van der Waals surface area contributed by atoms with Gasteiger partial charge in [-0.1, -0.05) is 13.0 Å². The van der Waals surface area contributed by atoms with Crippen molar-refractivity contribution in [2.45, 2.75) is 13.1 Å². The molecule has 3 rings (SSSR count). The first-order valence-electron chi connectivity index (χ1n) is 8.28. The molecule has 0 radical (unpaired) electrons. The van der Waals surface area contributed by atoms with Crippen molar-refractivity contribution in [3.63, 3.8) is 0 Å². The molecule has 0 spiro atoms. The fourth-order valence-electron chi connectivity index (χ4n) is 3.44. The highest BCUT2D eigenvalue weighted by atomic mass is 35.5. The summed E-state index contributed by atoms with van der Waals surface area (Å²) in [5, 5.41) is 3.23. The molecule has 25 heavy (non-hydrogen) atoms. The number of carbonyl (C=O) groups excluding carboxylic acids is 1. The summed E-state index contributed by atoms with van der Waals surface area (Å²) in [5.41, 5.74) is -0.0721. The molecule has 2 heterocycles. The number of piperazine rings is 1. The number of nitrogens with one attached hydrogen (secondary N) is 1. The molecular weight excluding hydrogens is 355 g/mol. The third-order valence-corrected chi connectivity index (χ3v) is 4.96. The highest BCUT2D eigenvalue weighted by Gasteiger charge is 2.34. The zero-order chi connectivity index (χ0) is 17.3. The largest absolute Gasteiger partial charge is 0.416 e. The van der Waals surface area contributed by atoms with Gasteiger partial charge in [-0.3, -0.25) is 4.79 Å². The van der Waals surface area contributed by atoms with Crippen LogP contribution >= 0.6 is 12.4 Å². The van der Waals surface area contributed by atoms with E-state index in [0.717, 1.165) is 12.6 Å². The Labute approximate surface area is 151 Å². The number of rotatable bonds is 2. The number of amides is 1. The van der Waals surface area contributed by atoms with Crippen LogP contribution in [0.5, 0.6) is 0 Å². The van der Waals surface area contributed by atoms with Gasteiger partial charge in [0.2, 0.25) is 5.91 Å². The van der Waals surface area contributed by atoms with E-state index < -0.39 is 11.7 Å².